The summed E-state index contributed by atoms with van der Waals surface area (Å²) in [5.74, 6) is 1.19. The van der Waals surface area contributed by atoms with Crippen molar-refractivity contribution >= 4 is 28.5 Å². The number of nitrogens with zero attached hydrogens (tertiary/aromatic N) is 1. The molecular weight excluding hydrogens is 390 g/mol. The molecule has 2 aromatic heterocycles. The van der Waals surface area contributed by atoms with Crippen molar-refractivity contribution in [1.82, 2.24) is 4.98 Å². The van der Waals surface area contributed by atoms with Gasteiger partial charge in [-0.2, -0.15) is 0 Å². The van der Waals surface area contributed by atoms with Gasteiger partial charge in [0.1, 0.15) is 24.7 Å². The van der Waals surface area contributed by atoms with Crippen molar-refractivity contribution in [2.75, 3.05) is 13.2 Å². The number of hydrogen-bond donors (Lipinski definition) is 0. The van der Waals surface area contributed by atoms with E-state index in [2.05, 4.69) is 0 Å². The molecule has 0 bridgehead atoms. The summed E-state index contributed by atoms with van der Waals surface area (Å²) in [7, 11) is 0. The molecule has 154 valence electrons. The Morgan fingerprint density at radius 1 is 0.968 bits per heavy atom. The van der Waals surface area contributed by atoms with Crippen molar-refractivity contribution in [3.05, 3.63) is 95.6 Å². The molecule has 5 rings (SSSR count). The van der Waals surface area contributed by atoms with E-state index in [0.717, 1.165) is 52.1 Å². The lowest BCUT2D eigenvalue weighted by Crippen LogP contribution is -2.15. The van der Waals surface area contributed by atoms with Crippen LogP contribution in [0.15, 0.2) is 77.4 Å². The van der Waals surface area contributed by atoms with Crippen LogP contribution in [0, 0.1) is 0 Å². The number of ether oxygens (including phenoxy) is 2. The Balaban J connectivity index is 1.42. The Morgan fingerprint density at radius 3 is 2.65 bits per heavy atom. The van der Waals surface area contributed by atoms with Crippen molar-refractivity contribution in [2.24, 2.45) is 0 Å². The molecule has 1 aliphatic carbocycles. The van der Waals surface area contributed by atoms with Gasteiger partial charge in [0.05, 0.1) is 23.0 Å². The third kappa shape index (κ3) is 3.94. The molecule has 31 heavy (non-hydrogen) atoms. The van der Waals surface area contributed by atoms with Crippen LogP contribution in [0.5, 0.6) is 5.75 Å². The van der Waals surface area contributed by atoms with Crippen molar-refractivity contribution in [3.8, 4) is 5.75 Å². The number of pyridine rings is 1. The number of fused-ring (bicyclic) bond motifs is 2. The number of aromatic nitrogens is 1. The highest BCUT2D eigenvalue weighted by Crippen LogP contribution is 2.37. The van der Waals surface area contributed by atoms with Crippen LogP contribution in [0.25, 0.3) is 22.6 Å². The molecule has 2 heterocycles. The van der Waals surface area contributed by atoms with Crippen LogP contribution in [0.4, 0.5) is 0 Å². The number of benzene rings is 2. The van der Waals surface area contributed by atoms with Crippen LogP contribution < -0.4 is 4.74 Å². The molecular formula is C26H21NO4. The van der Waals surface area contributed by atoms with E-state index in [-0.39, 0.29) is 12.6 Å². The maximum atomic E-state index is 13.1. The van der Waals surface area contributed by atoms with Crippen LogP contribution in [0.3, 0.4) is 0 Å². The predicted octanol–water partition coefficient (Wildman–Crippen LogP) is 5.55. The maximum absolute atomic E-state index is 13.1. The Labute approximate surface area is 179 Å². The number of rotatable bonds is 6. The lowest BCUT2D eigenvalue weighted by molar-refractivity contribution is 0.0451. The summed E-state index contributed by atoms with van der Waals surface area (Å²) in [4.78, 5) is 18.0. The molecule has 0 N–H and O–H groups in total. The van der Waals surface area contributed by atoms with Crippen molar-refractivity contribution in [1.29, 1.82) is 0 Å². The largest absolute Gasteiger partial charge is 0.490 e. The van der Waals surface area contributed by atoms with Crippen LogP contribution >= 0.6 is 0 Å². The van der Waals surface area contributed by atoms with Gasteiger partial charge in [-0.1, -0.05) is 36.4 Å². The topological polar surface area (TPSA) is 61.6 Å². The fourth-order valence-electron chi connectivity index (χ4n) is 3.94. The van der Waals surface area contributed by atoms with Crippen LogP contribution in [-0.2, 0) is 11.2 Å². The second kappa shape index (κ2) is 8.48. The van der Waals surface area contributed by atoms with Gasteiger partial charge in [0.15, 0.2) is 0 Å². The number of furan rings is 1. The van der Waals surface area contributed by atoms with Crippen LogP contribution in [-0.4, -0.2) is 24.2 Å². The number of allylic oxidation sites excluding steroid dienone is 1. The van der Waals surface area contributed by atoms with Crippen molar-refractivity contribution in [3.63, 3.8) is 0 Å². The van der Waals surface area contributed by atoms with E-state index in [9.17, 15) is 4.79 Å². The highest BCUT2D eigenvalue weighted by Gasteiger charge is 2.27. The van der Waals surface area contributed by atoms with Gasteiger partial charge in [-0.15, -0.1) is 0 Å². The predicted molar refractivity (Wildman–Crippen MR) is 119 cm³/mol. The highest BCUT2D eigenvalue weighted by molar-refractivity contribution is 6.07. The zero-order chi connectivity index (χ0) is 21.0. The molecule has 0 fully saturated rings. The van der Waals surface area contributed by atoms with Gasteiger partial charge in [-0.05, 0) is 60.4 Å². The highest BCUT2D eigenvalue weighted by atomic mass is 16.6. The standard InChI is InChI=1S/C26H21NO4/c28-26(31-16-15-30-19-7-2-1-3-8-19)24-21-10-4-5-11-23(21)27-25-18(12-13-22(24)25)17-20-9-6-14-29-20/h1-11,14,17H,12-13,15-16H2. The molecule has 1 aliphatic rings. The maximum Gasteiger partial charge on any atom is 0.339 e. The monoisotopic (exact) mass is 411 g/mol. The average molecular weight is 411 g/mol. The van der Waals surface area contributed by atoms with E-state index in [1.165, 1.54) is 0 Å². The van der Waals surface area contributed by atoms with Crippen LogP contribution in [0.2, 0.25) is 0 Å². The molecule has 5 heteroatoms. The van der Waals surface area contributed by atoms with Gasteiger partial charge >= 0.3 is 5.97 Å². The first kappa shape index (κ1) is 19.1. The zero-order valence-electron chi connectivity index (χ0n) is 16.9. The molecule has 4 aromatic rings. The molecule has 0 atom stereocenters. The first-order chi connectivity index (χ1) is 15.3. The van der Waals surface area contributed by atoms with Gasteiger partial charge in [0.2, 0.25) is 0 Å². The molecule has 0 spiro atoms. The lowest BCUT2D eigenvalue weighted by Gasteiger charge is -2.13. The van der Waals surface area contributed by atoms with Crippen LogP contribution in [0.1, 0.15) is 33.8 Å². The minimum atomic E-state index is -0.342. The van der Waals surface area contributed by atoms with Crippen molar-refractivity contribution < 1.29 is 18.7 Å². The Bertz CT molecular complexity index is 1240. The van der Waals surface area contributed by atoms with E-state index in [1.54, 1.807) is 6.26 Å². The summed E-state index contributed by atoms with van der Waals surface area (Å²) in [6, 6.07) is 20.9. The minimum absolute atomic E-state index is 0.175. The Kier molecular flexibility index (Phi) is 5.23. The van der Waals surface area contributed by atoms with Gasteiger partial charge < -0.3 is 13.9 Å². The number of para-hydroxylation sites is 2. The minimum Gasteiger partial charge on any atom is -0.490 e. The lowest BCUT2D eigenvalue weighted by atomic mass is 10.0. The van der Waals surface area contributed by atoms with Gasteiger partial charge in [-0.25, -0.2) is 9.78 Å². The van der Waals surface area contributed by atoms with E-state index >= 15 is 0 Å². The molecule has 5 nitrogen and oxygen atoms in total. The summed E-state index contributed by atoms with van der Waals surface area (Å²) in [6.45, 7) is 0.471. The number of carbonyl (C=O) groups excluding carboxylic acids is 1. The molecule has 0 radical (unpaired) electrons. The second-order valence-corrected chi connectivity index (χ2v) is 7.31. The number of carbonyl (C=O) groups is 1. The average Bonchev–Trinajstić information content (AvgIpc) is 3.46. The zero-order valence-corrected chi connectivity index (χ0v) is 16.9. The van der Waals surface area contributed by atoms with E-state index in [4.69, 9.17) is 18.9 Å². The fraction of sp³-hybridized carbons (Fsp3) is 0.154. The first-order valence-electron chi connectivity index (χ1n) is 10.3. The molecule has 2 aromatic carbocycles. The smallest absolute Gasteiger partial charge is 0.339 e. The molecule has 0 unspecified atom stereocenters. The summed E-state index contributed by atoms with van der Waals surface area (Å²) in [6.07, 6.45) is 5.19. The third-order valence-electron chi connectivity index (χ3n) is 5.33. The third-order valence-corrected chi connectivity index (χ3v) is 5.33. The summed E-state index contributed by atoms with van der Waals surface area (Å²) in [5.41, 5.74) is 4.23. The second-order valence-electron chi connectivity index (χ2n) is 7.31. The summed E-state index contributed by atoms with van der Waals surface area (Å²) >= 11 is 0. The SMILES string of the molecule is O=C(OCCOc1ccccc1)c1c2c(nc3ccccc13)C(=Cc1ccco1)CC2. The summed E-state index contributed by atoms with van der Waals surface area (Å²) < 4.78 is 16.7. The van der Waals surface area contributed by atoms with Crippen molar-refractivity contribution in [2.45, 2.75) is 12.8 Å². The van der Waals surface area contributed by atoms with Gasteiger partial charge in [-0.3, -0.25) is 0 Å². The molecule has 0 amide bonds. The van der Waals surface area contributed by atoms with E-state index in [0.29, 0.717) is 12.2 Å². The summed E-state index contributed by atoms with van der Waals surface area (Å²) in [5, 5.41) is 0.814. The molecule has 0 aliphatic heterocycles. The van der Waals surface area contributed by atoms with Gasteiger partial charge in [0, 0.05) is 5.39 Å². The normalized spacial score (nSPS) is 14.0. The quantitative estimate of drug-likeness (QED) is 0.307. The van der Waals surface area contributed by atoms with Gasteiger partial charge in [0.25, 0.3) is 0 Å². The van der Waals surface area contributed by atoms with E-state index < -0.39 is 0 Å². The number of hydrogen-bond acceptors (Lipinski definition) is 5. The number of esters is 1. The molecule has 0 saturated carbocycles. The Hall–Kier alpha value is -3.86. The fourth-order valence-corrected chi connectivity index (χ4v) is 3.94. The first-order valence-corrected chi connectivity index (χ1v) is 10.3. The molecule has 0 saturated heterocycles. The Morgan fingerprint density at radius 2 is 1.81 bits per heavy atom. The van der Waals surface area contributed by atoms with E-state index in [1.807, 2.05) is 72.8 Å².